The molecule has 1 aromatic carbocycles. The Morgan fingerprint density at radius 1 is 1.33 bits per heavy atom. The Hall–Kier alpha value is -2.17. The zero-order valence-corrected chi connectivity index (χ0v) is 12.7. The Labute approximate surface area is 124 Å². The summed E-state index contributed by atoms with van der Waals surface area (Å²) in [5, 5.41) is 2.90. The fourth-order valence-corrected chi connectivity index (χ4v) is 1.99. The zero-order valence-electron chi connectivity index (χ0n) is 12.7. The lowest BCUT2D eigenvalue weighted by Gasteiger charge is -2.24. The number of carbonyl (C=O) groups excluding carboxylic acids is 1. The highest BCUT2D eigenvalue weighted by molar-refractivity contribution is 5.82. The standard InChI is InChI=1S/C16H20FN3O/c1-16(2,3)15(21)19-13(14-18-9-10-20(14)4)11-7-5-6-8-12(11)17/h5-10,13H,1-4H3,(H,19,21). The van der Waals surface area contributed by atoms with Crippen LogP contribution in [0.15, 0.2) is 36.7 Å². The van der Waals surface area contributed by atoms with E-state index in [1.807, 2.05) is 27.8 Å². The van der Waals surface area contributed by atoms with E-state index >= 15 is 0 Å². The summed E-state index contributed by atoms with van der Waals surface area (Å²) in [4.78, 5) is 16.5. The van der Waals surface area contributed by atoms with Crippen LogP contribution in [-0.2, 0) is 11.8 Å². The van der Waals surface area contributed by atoms with E-state index in [9.17, 15) is 9.18 Å². The highest BCUT2D eigenvalue weighted by Gasteiger charge is 2.28. The predicted octanol–water partition coefficient (Wildman–Crippen LogP) is 2.81. The average Bonchev–Trinajstić information content (AvgIpc) is 2.82. The summed E-state index contributed by atoms with van der Waals surface area (Å²) in [7, 11) is 1.82. The molecule has 0 aliphatic rings. The molecule has 0 aliphatic heterocycles. The average molecular weight is 289 g/mol. The van der Waals surface area contributed by atoms with Gasteiger partial charge in [-0.1, -0.05) is 39.0 Å². The number of amides is 1. The lowest BCUT2D eigenvalue weighted by atomic mass is 9.94. The monoisotopic (exact) mass is 289 g/mol. The third-order valence-electron chi connectivity index (χ3n) is 3.29. The molecule has 1 aromatic heterocycles. The molecule has 4 nitrogen and oxygen atoms in total. The molecule has 0 bridgehead atoms. The van der Waals surface area contributed by atoms with Crippen LogP contribution in [0.2, 0.25) is 0 Å². The van der Waals surface area contributed by atoms with Crippen molar-refractivity contribution in [1.29, 1.82) is 0 Å². The Morgan fingerprint density at radius 3 is 2.52 bits per heavy atom. The first-order chi connectivity index (χ1) is 9.80. The van der Waals surface area contributed by atoms with Crippen molar-refractivity contribution in [3.63, 3.8) is 0 Å². The second-order valence-electron chi connectivity index (χ2n) is 6.07. The second-order valence-corrected chi connectivity index (χ2v) is 6.07. The molecule has 21 heavy (non-hydrogen) atoms. The molecule has 2 aromatic rings. The van der Waals surface area contributed by atoms with Crippen LogP contribution in [0, 0.1) is 11.2 Å². The fourth-order valence-electron chi connectivity index (χ4n) is 1.99. The lowest BCUT2D eigenvalue weighted by Crippen LogP contribution is -2.39. The summed E-state index contributed by atoms with van der Waals surface area (Å²) in [5.41, 5.74) is -0.154. The van der Waals surface area contributed by atoms with Crippen molar-refractivity contribution < 1.29 is 9.18 Å². The molecule has 0 saturated heterocycles. The second kappa shape index (κ2) is 5.68. The smallest absolute Gasteiger partial charge is 0.226 e. The van der Waals surface area contributed by atoms with Crippen LogP contribution >= 0.6 is 0 Å². The van der Waals surface area contributed by atoms with E-state index in [0.29, 0.717) is 11.4 Å². The first-order valence-corrected chi connectivity index (χ1v) is 6.83. The number of nitrogens with one attached hydrogen (secondary N) is 1. The largest absolute Gasteiger partial charge is 0.342 e. The van der Waals surface area contributed by atoms with Crippen LogP contribution in [0.4, 0.5) is 4.39 Å². The maximum atomic E-state index is 14.1. The Kier molecular flexibility index (Phi) is 4.11. The summed E-state index contributed by atoms with van der Waals surface area (Å²) in [5.74, 6) is 0.0798. The molecule has 2 rings (SSSR count). The summed E-state index contributed by atoms with van der Waals surface area (Å²) in [6.07, 6.45) is 3.40. The van der Waals surface area contributed by atoms with Gasteiger partial charge in [0, 0.05) is 30.4 Å². The van der Waals surface area contributed by atoms with E-state index in [2.05, 4.69) is 10.3 Å². The SMILES string of the molecule is Cn1ccnc1C(NC(=O)C(C)(C)C)c1ccccc1F. The number of aromatic nitrogens is 2. The quantitative estimate of drug-likeness (QED) is 0.944. The maximum Gasteiger partial charge on any atom is 0.226 e. The van der Waals surface area contributed by atoms with E-state index in [4.69, 9.17) is 0 Å². The fraction of sp³-hybridized carbons (Fsp3) is 0.375. The number of hydrogen-bond acceptors (Lipinski definition) is 2. The van der Waals surface area contributed by atoms with Gasteiger partial charge in [-0.05, 0) is 6.07 Å². The number of hydrogen-bond donors (Lipinski definition) is 1. The van der Waals surface area contributed by atoms with E-state index in [0.717, 1.165) is 0 Å². The highest BCUT2D eigenvalue weighted by atomic mass is 19.1. The molecule has 0 saturated carbocycles. The van der Waals surface area contributed by atoms with Crippen LogP contribution in [0.3, 0.4) is 0 Å². The van der Waals surface area contributed by atoms with Crippen molar-refractivity contribution in [2.45, 2.75) is 26.8 Å². The van der Waals surface area contributed by atoms with Gasteiger partial charge in [0.15, 0.2) is 0 Å². The number of benzene rings is 1. The van der Waals surface area contributed by atoms with Crippen molar-refractivity contribution in [3.05, 3.63) is 53.9 Å². The molecule has 1 N–H and O–H groups in total. The van der Waals surface area contributed by atoms with Gasteiger partial charge in [0.1, 0.15) is 17.7 Å². The van der Waals surface area contributed by atoms with Crippen molar-refractivity contribution in [1.82, 2.24) is 14.9 Å². The molecule has 0 radical (unpaired) electrons. The summed E-state index contributed by atoms with van der Waals surface area (Å²) in [6, 6.07) is 5.81. The summed E-state index contributed by atoms with van der Waals surface area (Å²) >= 11 is 0. The van der Waals surface area contributed by atoms with Crippen molar-refractivity contribution in [3.8, 4) is 0 Å². The van der Waals surface area contributed by atoms with Gasteiger partial charge in [0.2, 0.25) is 5.91 Å². The molecule has 0 aliphatic carbocycles. The molecule has 112 valence electrons. The first-order valence-electron chi connectivity index (χ1n) is 6.83. The predicted molar refractivity (Wildman–Crippen MR) is 79.0 cm³/mol. The van der Waals surface area contributed by atoms with E-state index in [-0.39, 0.29) is 11.7 Å². The minimum absolute atomic E-state index is 0.154. The van der Waals surface area contributed by atoms with E-state index in [1.54, 1.807) is 35.2 Å². The molecule has 1 heterocycles. The first kappa shape index (κ1) is 15.2. The third-order valence-corrected chi connectivity index (χ3v) is 3.29. The summed E-state index contributed by atoms with van der Waals surface area (Å²) in [6.45, 7) is 5.46. The number of nitrogens with zero attached hydrogens (tertiary/aromatic N) is 2. The van der Waals surface area contributed by atoms with Crippen molar-refractivity contribution in [2.75, 3.05) is 0 Å². The van der Waals surface area contributed by atoms with Gasteiger partial charge in [0.05, 0.1) is 0 Å². The van der Waals surface area contributed by atoms with E-state index in [1.165, 1.54) is 6.07 Å². The van der Waals surface area contributed by atoms with Crippen LogP contribution < -0.4 is 5.32 Å². The van der Waals surface area contributed by atoms with Crippen LogP contribution in [0.1, 0.15) is 38.2 Å². The third kappa shape index (κ3) is 3.29. The summed E-state index contributed by atoms with van der Waals surface area (Å²) < 4.78 is 15.9. The number of aryl methyl sites for hydroxylation is 1. The Balaban J connectivity index is 2.44. The molecular weight excluding hydrogens is 269 g/mol. The minimum atomic E-state index is -0.613. The molecule has 5 heteroatoms. The molecule has 0 fully saturated rings. The van der Waals surface area contributed by atoms with Gasteiger partial charge in [-0.3, -0.25) is 4.79 Å². The topological polar surface area (TPSA) is 46.9 Å². The molecule has 1 unspecified atom stereocenters. The van der Waals surface area contributed by atoms with Gasteiger partial charge in [0.25, 0.3) is 0 Å². The number of carbonyl (C=O) groups is 1. The number of imidazole rings is 1. The number of rotatable bonds is 3. The van der Waals surface area contributed by atoms with Gasteiger partial charge in [-0.2, -0.15) is 0 Å². The Bertz CT molecular complexity index is 643. The number of halogens is 1. The van der Waals surface area contributed by atoms with Crippen LogP contribution in [0.5, 0.6) is 0 Å². The normalized spacial score (nSPS) is 13.0. The highest BCUT2D eigenvalue weighted by Crippen LogP contribution is 2.25. The van der Waals surface area contributed by atoms with Gasteiger partial charge >= 0.3 is 0 Å². The van der Waals surface area contributed by atoms with Crippen molar-refractivity contribution in [2.24, 2.45) is 12.5 Å². The van der Waals surface area contributed by atoms with Crippen molar-refractivity contribution >= 4 is 5.91 Å². The lowest BCUT2D eigenvalue weighted by molar-refractivity contribution is -0.129. The maximum absolute atomic E-state index is 14.1. The van der Waals surface area contributed by atoms with Gasteiger partial charge < -0.3 is 9.88 Å². The Morgan fingerprint density at radius 2 is 2.00 bits per heavy atom. The minimum Gasteiger partial charge on any atom is -0.342 e. The molecule has 0 spiro atoms. The molecule has 1 amide bonds. The van der Waals surface area contributed by atoms with Crippen LogP contribution in [0.25, 0.3) is 0 Å². The molecule has 1 atom stereocenters. The van der Waals surface area contributed by atoms with E-state index < -0.39 is 11.5 Å². The van der Waals surface area contributed by atoms with Gasteiger partial charge in [-0.25, -0.2) is 9.37 Å². The van der Waals surface area contributed by atoms with Crippen LogP contribution in [-0.4, -0.2) is 15.5 Å². The molecular formula is C16H20FN3O. The van der Waals surface area contributed by atoms with Gasteiger partial charge in [-0.15, -0.1) is 0 Å². The zero-order chi connectivity index (χ0) is 15.6.